The first kappa shape index (κ1) is 12.3. The number of rotatable bonds is 2. The number of nitrogens with zero attached hydrogens (tertiary/aromatic N) is 4. The molecule has 3 rings (SSSR count). The molecular weight excluding hydrogens is 260 g/mol. The molecule has 0 bridgehead atoms. The first-order valence-electron chi connectivity index (χ1n) is 6.37. The Morgan fingerprint density at radius 2 is 2.32 bits per heavy atom. The number of hydrogen-bond donors (Lipinski definition) is 0. The fourth-order valence-corrected chi connectivity index (χ4v) is 3.30. The van der Waals surface area contributed by atoms with E-state index in [1.807, 2.05) is 31.3 Å². The molecule has 1 atom stereocenters. The highest BCUT2D eigenvalue weighted by molar-refractivity contribution is 7.13. The Morgan fingerprint density at radius 3 is 2.95 bits per heavy atom. The van der Waals surface area contributed by atoms with Crippen molar-refractivity contribution in [3.8, 4) is 0 Å². The zero-order chi connectivity index (χ0) is 13.4. The van der Waals surface area contributed by atoms with Gasteiger partial charge in [0.25, 0.3) is 5.91 Å². The Morgan fingerprint density at radius 1 is 1.47 bits per heavy atom. The summed E-state index contributed by atoms with van der Waals surface area (Å²) in [6, 6.07) is 0.156. The number of amides is 1. The quantitative estimate of drug-likeness (QED) is 0.844. The van der Waals surface area contributed by atoms with Gasteiger partial charge in [0.15, 0.2) is 0 Å². The van der Waals surface area contributed by atoms with Crippen molar-refractivity contribution in [3.05, 3.63) is 34.0 Å². The van der Waals surface area contributed by atoms with Gasteiger partial charge in [0.2, 0.25) is 0 Å². The molecule has 1 saturated heterocycles. The van der Waals surface area contributed by atoms with Crippen LogP contribution in [0.4, 0.5) is 0 Å². The molecule has 0 aromatic carbocycles. The van der Waals surface area contributed by atoms with Crippen LogP contribution in [0.15, 0.2) is 18.6 Å². The van der Waals surface area contributed by atoms with Crippen LogP contribution in [0.3, 0.4) is 0 Å². The van der Waals surface area contributed by atoms with Gasteiger partial charge in [0, 0.05) is 25.4 Å². The zero-order valence-corrected chi connectivity index (χ0v) is 11.9. The maximum Gasteiger partial charge on any atom is 0.266 e. The molecule has 1 amide bonds. The van der Waals surface area contributed by atoms with Crippen LogP contribution in [-0.4, -0.2) is 32.1 Å². The molecule has 1 fully saturated rings. The Hall–Kier alpha value is -1.69. The third-order valence-electron chi connectivity index (χ3n) is 3.46. The molecule has 0 saturated carbocycles. The Bertz CT molecular complexity index is 603. The molecule has 2 aromatic rings. The van der Waals surface area contributed by atoms with Crippen molar-refractivity contribution < 1.29 is 4.79 Å². The van der Waals surface area contributed by atoms with Gasteiger partial charge in [-0.3, -0.25) is 9.48 Å². The minimum Gasteiger partial charge on any atom is -0.331 e. The second-order valence-corrected chi connectivity index (χ2v) is 6.08. The van der Waals surface area contributed by atoms with Gasteiger partial charge in [0.05, 0.1) is 23.4 Å². The second-order valence-electron chi connectivity index (χ2n) is 4.85. The predicted octanol–water partition coefficient (Wildman–Crippen LogP) is 2.16. The number of carbonyl (C=O) groups is 1. The van der Waals surface area contributed by atoms with Crippen LogP contribution in [0.5, 0.6) is 0 Å². The maximum atomic E-state index is 12.5. The maximum absolute atomic E-state index is 12.5. The smallest absolute Gasteiger partial charge is 0.266 e. The van der Waals surface area contributed by atoms with E-state index in [0.29, 0.717) is 0 Å². The lowest BCUT2D eigenvalue weighted by molar-refractivity contribution is 0.0740. The molecule has 1 aliphatic heterocycles. The van der Waals surface area contributed by atoms with Crippen LogP contribution in [-0.2, 0) is 7.05 Å². The van der Waals surface area contributed by atoms with Gasteiger partial charge in [0.1, 0.15) is 4.88 Å². The highest BCUT2D eigenvalue weighted by Crippen LogP contribution is 2.33. The van der Waals surface area contributed by atoms with E-state index in [4.69, 9.17) is 0 Å². The van der Waals surface area contributed by atoms with Crippen LogP contribution >= 0.6 is 11.3 Å². The number of hydrogen-bond acceptors (Lipinski definition) is 4. The normalized spacial score (nSPS) is 19.1. The van der Waals surface area contributed by atoms with E-state index >= 15 is 0 Å². The van der Waals surface area contributed by atoms with Crippen molar-refractivity contribution in [3.63, 3.8) is 0 Å². The van der Waals surface area contributed by atoms with Crippen LogP contribution < -0.4 is 0 Å². The number of thiazole rings is 1. The summed E-state index contributed by atoms with van der Waals surface area (Å²) in [5, 5.41) is 5.13. The van der Waals surface area contributed by atoms with Crippen molar-refractivity contribution in [1.29, 1.82) is 0 Å². The third-order valence-corrected chi connectivity index (χ3v) is 4.36. The zero-order valence-electron chi connectivity index (χ0n) is 11.0. The molecule has 1 aliphatic rings. The number of aryl methyl sites for hydroxylation is 2. The summed E-state index contributed by atoms with van der Waals surface area (Å²) in [6.45, 7) is 2.74. The Labute approximate surface area is 115 Å². The predicted molar refractivity (Wildman–Crippen MR) is 73.1 cm³/mol. The van der Waals surface area contributed by atoms with Crippen molar-refractivity contribution in [2.75, 3.05) is 6.54 Å². The minimum atomic E-state index is 0.0944. The molecule has 0 aliphatic carbocycles. The highest BCUT2D eigenvalue weighted by Gasteiger charge is 2.32. The molecule has 5 nitrogen and oxygen atoms in total. The van der Waals surface area contributed by atoms with Gasteiger partial charge >= 0.3 is 0 Å². The van der Waals surface area contributed by atoms with E-state index in [2.05, 4.69) is 10.1 Å². The minimum absolute atomic E-state index is 0.0944. The van der Waals surface area contributed by atoms with Gasteiger partial charge in [-0.25, -0.2) is 4.98 Å². The van der Waals surface area contributed by atoms with Crippen molar-refractivity contribution in [2.45, 2.75) is 25.8 Å². The lowest BCUT2D eigenvalue weighted by Gasteiger charge is -2.23. The van der Waals surface area contributed by atoms with Gasteiger partial charge in [-0.15, -0.1) is 11.3 Å². The summed E-state index contributed by atoms with van der Waals surface area (Å²) in [4.78, 5) is 19.4. The van der Waals surface area contributed by atoms with E-state index in [1.165, 1.54) is 11.3 Å². The van der Waals surface area contributed by atoms with E-state index < -0.39 is 0 Å². The first-order valence-corrected chi connectivity index (χ1v) is 7.19. The van der Waals surface area contributed by atoms with Crippen molar-refractivity contribution in [1.82, 2.24) is 19.7 Å². The fourth-order valence-electron chi connectivity index (χ4n) is 2.57. The van der Waals surface area contributed by atoms with Crippen molar-refractivity contribution in [2.24, 2.45) is 7.05 Å². The highest BCUT2D eigenvalue weighted by atomic mass is 32.1. The summed E-state index contributed by atoms with van der Waals surface area (Å²) in [6.07, 6.45) is 7.58. The van der Waals surface area contributed by atoms with Gasteiger partial charge in [-0.1, -0.05) is 0 Å². The lowest BCUT2D eigenvalue weighted by atomic mass is 10.1. The van der Waals surface area contributed by atoms with Crippen LogP contribution in [0, 0.1) is 6.92 Å². The molecule has 19 heavy (non-hydrogen) atoms. The molecule has 0 spiro atoms. The lowest BCUT2D eigenvalue weighted by Crippen LogP contribution is -2.29. The van der Waals surface area contributed by atoms with Crippen LogP contribution in [0.1, 0.15) is 39.1 Å². The van der Waals surface area contributed by atoms with E-state index in [-0.39, 0.29) is 11.9 Å². The molecule has 100 valence electrons. The summed E-state index contributed by atoms with van der Waals surface area (Å²) in [5.74, 6) is 0.0944. The van der Waals surface area contributed by atoms with E-state index in [9.17, 15) is 4.79 Å². The summed E-state index contributed by atoms with van der Waals surface area (Å²) < 4.78 is 1.78. The molecule has 0 N–H and O–H groups in total. The molecule has 3 heterocycles. The fraction of sp³-hybridized carbons (Fsp3) is 0.462. The third kappa shape index (κ3) is 2.28. The number of carbonyl (C=O) groups excluding carboxylic acids is 1. The first-order chi connectivity index (χ1) is 9.15. The van der Waals surface area contributed by atoms with Gasteiger partial charge in [-0.2, -0.15) is 5.10 Å². The van der Waals surface area contributed by atoms with Gasteiger partial charge < -0.3 is 4.90 Å². The summed E-state index contributed by atoms with van der Waals surface area (Å²) >= 11 is 1.46. The SMILES string of the molecule is Cc1ncc(C(=O)N2CCCC2c2cnn(C)c2)s1. The largest absolute Gasteiger partial charge is 0.331 e. The molecule has 1 unspecified atom stereocenters. The number of likely N-dealkylation sites (tertiary alicyclic amines) is 1. The second kappa shape index (κ2) is 4.77. The number of aromatic nitrogens is 3. The van der Waals surface area contributed by atoms with Crippen LogP contribution in [0.2, 0.25) is 0 Å². The van der Waals surface area contributed by atoms with Crippen LogP contribution in [0.25, 0.3) is 0 Å². The van der Waals surface area contributed by atoms with E-state index in [0.717, 1.165) is 34.8 Å². The average Bonchev–Trinajstić information content (AvgIpc) is 3.07. The average molecular weight is 276 g/mol. The van der Waals surface area contributed by atoms with Gasteiger partial charge in [-0.05, 0) is 19.8 Å². The standard InChI is InChI=1S/C13H16N4OS/c1-9-14-7-12(19-9)13(18)17-5-3-4-11(17)10-6-15-16(2)8-10/h6-8,11H,3-5H2,1-2H3. The Balaban J connectivity index is 1.85. The van der Waals surface area contributed by atoms with Crippen molar-refractivity contribution >= 4 is 17.2 Å². The molecular formula is C13H16N4OS. The topological polar surface area (TPSA) is 51.0 Å². The summed E-state index contributed by atoms with van der Waals surface area (Å²) in [7, 11) is 1.90. The van der Waals surface area contributed by atoms with E-state index in [1.54, 1.807) is 10.9 Å². The molecule has 6 heteroatoms. The monoisotopic (exact) mass is 276 g/mol. The molecule has 0 radical (unpaired) electrons. The molecule has 2 aromatic heterocycles. The summed E-state index contributed by atoms with van der Waals surface area (Å²) in [5.41, 5.74) is 1.12. The Kier molecular flexibility index (Phi) is 3.10.